The second-order valence-corrected chi connectivity index (χ2v) is 4.61. The van der Waals surface area contributed by atoms with Crippen molar-refractivity contribution < 1.29 is 9.53 Å². The average Bonchev–Trinajstić information content (AvgIpc) is 2.57. The van der Waals surface area contributed by atoms with Gasteiger partial charge in [-0.15, -0.1) is 0 Å². The molecule has 4 heteroatoms. The Morgan fingerprint density at radius 1 is 1.62 bits per heavy atom. The third-order valence-electron chi connectivity index (χ3n) is 3.36. The van der Waals surface area contributed by atoms with Gasteiger partial charge in [0.15, 0.2) is 0 Å². The number of rotatable bonds is 5. The second-order valence-electron chi connectivity index (χ2n) is 4.61. The monoisotopic (exact) mass is 222 g/mol. The van der Waals surface area contributed by atoms with E-state index in [1.54, 1.807) is 11.8 Å². The molecular weight excluding hydrogens is 204 g/mol. The summed E-state index contributed by atoms with van der Waals surface area (Å²) in [4.78, 5) is 11.9. The molecule has 1 aromatic heterocycles. The van der Waals surface area contributed by atoms with Crippen LogP contribution in [0.5, 0.6) is 0 Å². The third kappa shape index (κ3) is 2.32. The molecule has 0 radical (unpaired) electrons. The van der Waals surface area contributed by atoms with Crippen LogP contribution < -0.4 is 0 Å². The van der Waals surface area contributed by atoms with Crippen LogP contribution in [0.3, 0.4) is 0 Å². The largest absolute Gasteiger partial charge is 0.378 e. The molecule has 4 nitrogen and oxygen atoms in total. The first kappa shape index (κ1) is 11.3. The van der Waals surface area contributed by atoms with Crippen LogP contribution in [-0.2, 0) is 23.0 Å². The molecular formula is C12H18N2O2. The Morgan fingerprint density at radius 3 is 2.81 bits per heavy atom. The van der Waals surface area contributed by atoms with E-state index in [1.165, 1.54) is 6.42 Å². The van der Waals surface area contributed by atoms with Gasteiger partial charge in [-0.05, 0) is 25.3 Å². The van der Waals surface area contributed by atoms with E-state index >= 15 is 0 Å². The lowest BCUT2D eigenvalue weighted by molar-refractivity contribution is -0.131. The molecule has 0 amide bonds. The Hall–Kier alpha value is -1.16. The van der Waals surface area contributed by atoms with Crippen molar-refractivity contribution in [3.63, 3.8) is 0 Å². The fraction of sp³-hybridized carbons (Fsp3) is 0.667. The highest BCUT2D eigenvalue weighted by atomic mass is 16.5. The van der Waals surface area contributed by atoms with E-state index in [2.05, 4.69) is 5.10 Å². The van der Waals surface area contributed by atoms with Gasteiger partial charge in [-0.3, -0.25) is 9.48 Å². The summed E-state index contributed by atoms with van der Waals surface area (Å²) in [7, 11) is 3.56. The van der Waals surface area contributed by atoms with Crippen molar-refractivity contribution >= 4 is 5.78 Å². The molecule has 1 aromatic rings. The van der Waals surface area contributed by atoms with Crippen molar-refractivity contribution in [2.45, 2.75) is 37.7 Å². The maximum absolute atomic E-state index is 11.9. The molecule has 1 heterocycles. The molecule has 88 valence electrons. The Bertz CT molecular complexity index is 375. The minimum atomic E-state index is -0.161. The lowest BCUT2D eigenvalue weighted by Crippen LogP contribution is -2.41. The summed E-state index contributed by atoms with van der Waals surface area (Å²) >= 11 is 0. The van der Waals surface area contributed by atoms with Crippen LogP contribution in [0.1, 0.15) is 31.4 Å². The minimum absolute atomic E-state index is 0.161. The first-order valence-corrected chi connectivity index (χ1v) is 5.69. The third-order valence-corrected chi connectivity index (χ3v) is 3.36. The van der Waals surface area contributed by atoms with Gasteiger partial charge in [-0.1, -0.05) is 0 Å². The summed E-state index contributed by atoms with van der Waals surface area (Å²) in [5.74, 6) is 0.222. The van der Waals surface area contributed by atoms with E-state index < -0.39 is 0 Å². The number of methoxy groups -OCH3 is 1. The Morgan fingerprint density at radius 2 is 2.38 bits per heavy atom. The van der Waals surface area contributed by atoms with E-state index in [0.29, 0.717) is 12.8 Å². The number of aromatic nitrogens is 2. The summed E-state index contributed by atoms with van der Waals surface area (Å²) in [5.41, 5.74) is 0.685. The second kappa shape index (κ2) is 4.37. The standard InChI is InChI=1S/C12H18N2O2/c1-14-7-4-10(13-14)8-11(15)9-12(16-2)5-3-6-12/h4,7H,3,5-6,8-9H2,1-2H3. The number of ketones is 1. The molecule has 0 spiro atoms. The highest BCUT2D eigenvalue weighted by Crippen LogP contribution is 2.38. The van der Waals surface area contributed by atoms with Crippen molar-refractivity contribution in [1.82, 2.24) is 9.78 Å². The van der Waals surface area contributed by atoms with E-state index in [9.17, 15) is 4.79 Å². The fourth-order valence-corrected chi connectivity index (χ4v) is 2.21. The van der Waals surface area contributed by atoms with Crippen molar-refractivity contribution in [2.75, 3.05) is 7.11 Å². The predicted molar refractivity (Wildman–Crippen MR) is 60.1 cm³/mol. The van der Waals surface area contributed by atoms with Crippen molar-refractivity contribution in [3.8, 4) is 0 Å². The van der Waals surface area contributed by atoms with E-state index in [4.69, 9.17) is 4.74 Å². The van der Waals surface area contributed by atoms with Crippen molar-refractivity contribution in [1.29, 1.82) is 0 Å². The van der Waals surface area contributed by atoms with Gasteiger partial charge >= 0.3 is 0 Å². The average molecular weight is 222 g/mol. The Balaban J connectivity index is 1.89. The van der Waals surface area contributed by atoms with Gasteiger partial charge < -0.3 is 4.74 Å². The topological polar surface area (TPSA) is 44.1 Å². The van der Waals surface area contributed by atoms with E-state index in [1.807, 2.05) is 19.3 Å². The molecule has 0 bridgehead atoms. The number of Topliss-reactive ketones (excluding diaryl/α,β-unsaturated/α-hetero) is 1. The summed E-state index contributed by atoms with van der Waals surface area (Å²) < 4.78 is 7.16. The molecule has 0 atom stereocenters. The fourth-order valence-electron chi connectivity index (χ4n) is 2.21. The number of ether oxygens (including phenoxy) is 1. The maximum atomic E-state index is 11.9. The van der Waals surface area contributed by atoms with Crippen LogP contribution in [0.2, 0.25) is 0 Å². The number of nitrogens with zero attached hydrogens (tertiary/aromatic N) is 2. The summed E-state index contributed by atoms with van der Waals surface area (Å²) in [6.45, 7) is 0. The molecule has 0 aromatic carbocycles. The summed E-state index contributed by atoms with van der Waals surface area (Å²) in [5, 5.41) is 4.21. The van der Waals surface area contributed by atoms with Gasteiger partial charge in [0.1, 0.15) is 5.78 Å². The van der Waals surface area contributed by atoms with Crippen LogP contribution in [0.4, 0.5) is 0 Å². The molecule has 16 heavy (non-hydrogen) atoms. The molecule has 0 unspecified atom stereocenters. The maximum Gasteiger partial charge on any atom is 0.141 e. The summed E-state index contributed by atoms with van der Waals surface area (Å²) in [6.07, 6.45) is 6.00. The smallest absolute Gasteiger partial charge is 0.141 e. The van der Waals surface area contributed by atoms with Gasteiger partial charge in [0.25, 0.3) is 0 Å². The minimum Gasteiger partial charge on any atom is -0.378 e. The van der Waals surface area contributed by atoms with Crippen LogP contribution in [0.25, 0.3) is 0 Å². The summed E-state index contributed by atoms with van der Waals surface area (Å²) in [6, 6.07) is 1.89. The number of carbonyl (C=O) groups is 1. The van der Waals surface area contributed by atoms with Gasteiger partial charge in [0.05, 0.1) is 17.7 Å². The van der Waals surface area contributed by atoms with Gasteiger partial charge in [0, 0.05) is 26.8 Å². The van der Waals surface area contributed by atoms with Crippen LogP contribution in [-0.4, -0.2) is 28.3 Å². The number of carbonyl (C=O) groups excluding carboxylic acids is 1. The van der Waals surface area contributed by atoms with Crippen LogP contribution >= 0.6 is 0 Å². The molecule has 2 rings (SSSR count). The molecule has 0 N–H and O–H groups in total. The first-order valence-electron chi connectivity index (χ1n) is 5.69. The Labute approximate surface area is 95.6 Å². The zero-order valence-corrected chi connectivity index (χ0v) is 9.90. The van der Waals surface area contributed by atoms with Crippen molar-refractivity contribution in [3.05, 3.63) is 18.0 Å². The lowest BCUT2D eigenvalue weighted by atomic mass is 9.76. The van der Waals surface area contributed by atoms with Crippen molar-refractivity contribution in [2.24, 2.45) is 7.05 Å². The Kier molecular flexibility index (Phi) is 3.10. The number of hydrogen-bond donors (Lipinski definition) is 0. The lowest BCUT2D eigenvalue weighted by Gasteiger charge is -2.40. The SMILES string of the molecule is COC1(CC(=O)Cc2ccn(C)n2)CCC1. The zero-order chi connectivity index (χ0) is 11.6. The number of aryl methyl sites for hydroxylation is 1. The van der Waals surface area contributed by atoms with E-state index in [-0.39, 0.29) is 11.4 Å². The number of hydrogen-bond acceptors (Lipinski definition) is 3. The first-order chi connectivity index (χ1) is 7.63. The van der Waals surface area contributed by atoms with Crippen LogP contribution in [0.15, 0.2) is 12.3 Å². The van der Waals surface area contributed by atoms with Gasteiger partial charge in [-0.2, -0.15) is 5.10 Å². The molecule has 1 aliphatic carbocycles. The molecule has 1 aliphatic rings. The van der Waals surface area contributed by atoms with Gasteiger partial charge in [-0.25, -0.2) is 0 Å². The molecule has 1 fully saturated rings. The predicted octanol–water partition coefficient (Wildman–Crippen LogP) is 1.49. The zero-order valence-electron chi connectivity index (χ0n) is 9.90. The van der Waals surface area contributed by atoms with Gasteiger partial charge in [0.2, 0.25) is 0 Å². The quantitative estimate of drug-likeness (QED) is 0.758. The normalized spacial score (nSPS) is 18.1. The highest BCUT2D eigenvalue weighted by molar-refractivity contribution is 5.81. The molecule has 0 aliphatic heterocycles. The highest BCUT2D eigenvalue weighted by Gasteiger charge is 2.38. The van der Waals surface area contributed by atoms with E-state index in [0.717, 1.165) is 18.5 Å². The molecule has 1 saturated carbocycles. The van der Waals surface area contributed by atoms with Crippen LogP contribution in [0, 0.1) is 0 Å². The molecule has 0 saturated heterocycles.